The van der Waals surface area contributed by atoms with Crippen molar-refractivity contribution in [1.82, 2.24) is 25.0 Å². The van der Waals surface area contributed by atoms with E-state index in [2.05, 4.69) is 49.2 Å². The first kappa shape index (κ1) is 21.9. The molecule has 2 aromatic heterocycles. The van der Waals surface area contributed by atoms with Crippen molar-refractivity contribution >= 4 is 5.91 Å². The Morgan fingerprint density at radius 1 is 1.12 bits per heavy atom. The summed E-state index contributed by atoms with van der Waals surface area (Å²) in [5.41, 5.74) is 2.37. The number of amides is 1. The van der Waals surface area contributed by atoms with Crippen LogP contribution >= 0.6 is 0 Å². The van der Waals surface area contributed by atoms with E-state index in [1.807, 2.05) is 19.1 Å². The summed E-state index contributed by atoms with van der Waals surface area (Å²) < 4.78 is 13.0. The van der Waals surface area contributed by atoms with Crippen molar-refractivity contribution < 1.29 is 13.9 Å². The monoisotopic (exact) mass is 449 g/mol. The molecule has 0 radical (unpaired) electrons. The highest BCUT2D eigenvalue weighted by molar-refractivity contribution is 5.79. The lowest BCUT2D eigenvalue weighted by Gasteiger charge is -2.23. The van der Waals surface area contributed by atoms with Gasteiger partial charge < -0.3 is 19.0 Å². The molecule has 1 N–H and O–H groups in total. The standard InChI is InChI=1S/C25H31N5O3/c1-18(26-25(31)21-9-15-32-16-10-21)24-28-27-23-8-11-29(12-13-30(23)24)17-19-4-6-20(7-5-19)22-3-2-14-33-22/h2-7,14,18,21H,8-13,15-17H2,1H3,(H,26,31). The number of aromatic nitrogens is 3. The van der Waals surface area contributed by atoms with Crippen molar-refractivity contribution in [2.45, 2.75) is 45.3 Å². The van der Waals surface area contributed by atoms with Crippen LogP contribution in [0.3, 0.4) is 0 Å². The molecule has 5 rings (SSSR count). The Labute approximate surface area is 193 Å². The van der Waals surface area contributed by atoms with Gasteiger partial charge in [0.05, 0.1) is 12.3 Å². The minimum atomic E-state index is -0.165. The van der Waals surface area contributed by atoms with Crippen LogP contribution in [0.5, 0.6) is 0 Å². The Balaban J connectivity index is 1.19. The van der Waals surface area contributed by atoms with Gasteiger partial charge in [-0.1, -0.05) is 24.3 Å². The highest BCUT2D eigenvalue weighted by atomic mass is 16.5. The summed E-state index contributed by atoms with van der Waals surface area (Å²) in [4.78, 5) is 15.1. The van der Waals surface area contributed by atoms with Crippen LogP contribution in [0.25, 0.3) is 11.3 Å². The molecule has 0 spiro atoms. The van der Waals surface area contributed by atoms with Gasteiger partial charge in [0.15, 0.2) is 5.82 Å². The van der Waals surface area contributed by atoms with Gasteiger partial charge >= 0.3 is 0 Å². The third kappa shape index (κ3) is 5.02. The molecule has 2 aliphatic rings. The molecule has 1 atom stereocenters. The van der Waals surface area contributed by atoms with Crippen molar-refractivity contribution in [3.63, 3.8) is 0 Å². The van der Waals surface area contributed by atoms with Crippen LogP contribution in [0, 0.1) is 5.92 Å². The number of nitrogens with zero attached hydrogens (tertiary/aromatic N) is 4. The molecular weight excluding hydrogens is 418 g/mol. The third-order valence-electron chi connectivity index (χ3n) is 6.65. The molecule has 8 heteroatoms. The SMILES string of the molecule is CC(NC(=O)C1CCOCC1)c1nnc2n1CCN(Cc1ccc(-c3ccco3)cc1)CC2. The lowest BCUT2D eigenvalue weighted by Crippen LogP contribution is -2.36. The summed E-state index contributed by atoms with van der Waals surface area (Å²) in [6.07, 6.45) is 4.12. The molecule has 0 bridgehead atoms. The molecule has 3 aromatic rings. The summed E-state index contributed by atoms with van der Waals surface area (Å²) in [5, 5.41) is 12.0. The van der Waals surface area contributed by atoms with E-state index in [0.29, 0.717) is 13.2 Å². The predicted octanol–water partition coefficient (Wildman–Crippen LogP) is 3.20. The average Bonchev–Trinajstić information content (AvgIpc) is 3.48. The molecule has 33 heavy (non-hydrogen) atoms. The van der Waals surface area contributed by atoms with Crippen LogP contribution in [0.4, 0.5) is 0 Å². The van der Waals surface area contributed by atoms with Gasteiger partial charge in [0.25, 0.3) is 0 Å². The highest BCUT2D eigenvalue weighted by Crippen LogP contribution is 2.22. The van der Waals surface area contributed by atoms with Crippen molar-refractivity contribution in [3.05, 3.63) is 59.9 Å². The Hall–Kier alpha value is -2.97. The molecule has 2 aliphatic heterocycles. The second kappa shape index (κ2) is 9.89. The van der Waals surface area contributed by atoms with Crippen LogP contribution in [0.2, 0.25) is 0 Å². The molecule has 4 heterocycles. The first-order chi connectivity index (χ1) is 16.2. The van der Waals surface area contributed by atoms with Crippen molar-refractivity contribution in [1.29, 1.82) is 0 Å². The Morgan fingerprint density at radius 3 is 2.70 bits per heavy atom. The number of hydrogen-bond donors (Lipinski definition) is 1. The molecule has 1 saturated heterocycles. The van der Waals surface area contributed by atoms with Crippen molar-refractivity contribution in [3.8, 4) is 11.3 Å². The summed E-state index contributed by atoms with van der Waals surface area (Å²) in [7, 11) is 0. The number of carbonyl (C=O) groups is 1. The Morgan fingerprint density at radius 2 is 1.94 bits per heavy atom. The fraction of sp³-hybridized carbons (Fsp3) is 0.480. The predicted molar refractivity (Wildman–Crippen MR) is 123 cm³/mol. The van der Waals surface area contributed by atoms with E-state index in [1.165, 1.54) is 5.56 Å². The number of rotatable bonds is 6. The van der Waals surface area contributed by atoms with Gasteiger partial charge in [-0.3, -0.25) is 9.69 Å². The maximum absolute atomic E-state index is 12.7. The lowest BCUT2D eigenvalue weighted by molar-refractivity contribution is -0.128. The summed E-state index contributed by atoms with van der Waals surface area (Å²) >= 11 is 0. The van der Waals surface area contributed by atoms with E-state index in [4.69, 9.17) is 9.15 Å². The smallest absolute Gasteiger partial charge is 0.223 e. The molecular formula is C25H31N5O3. The topological polar surface area (TPSA) is 85.4 Å². The largest absolute Gasteiger partial charge is 0.464 e. The maximum atomic E-state index is 12.7. The van der Waals surface area contributed by atoms with E-state index in [-0.39, 0.29) is 17.9 Å². The van der Waals surface area contributed by atoms with Crippen LogP contribution in [-0.4, -0.2) is 51.9 Å². The number of nitrogens with one attached hydrogen (secondary N) is 1. The lowest BCUT2D eigenvalue weighted by atomic mass is 9.99. The Kier molecular flexibility index (Phi) is 6.55. The van der Waals surface area contributed by atoms with Crippen molar-refractivity contribution in [2.24, 2.45) is 5.92 Å². The zero-order chi connectivity index (χ0) is 22.6. The number of hydrogen-bond acceptors (Lipinski definition) is 6. The van der Waals surface area contributed by atoms with E-state index in [9.17, 15) is 4.79 Å². The average molecular weight is 450 g/mol. The normalized spacial score (nSPS) is 18.5. The van der Waals surface area contributed by atoms with E-state index < -0.39 is 0 Å². The quantitative estimate of drug-likeness (QED) is 0.622. The van der Waals surface area contributed by atoms with Gasteiger partial charge in [0, 0.05) is 57.3 Å². The minimum Gasteiger partial charge on any atom is -0.464 e. The summed E-state index contributed by atoms with van der Waals surface area (Å²) in [6, 6.07) is 12.3. The third-order valence-corrected chi connectivity index (χ3v) is 6.65. The molecule has 1 aromatic carbocycles. The molecule has 174 valence electrons. The highest BCUT2D eigenvalue weighted by Gasteiger charge is 2.26. The summed E-state index contributed by atoms with van der Waals surface area (Å²) in [6.45, 7) is 6.88. The molecule has 0 aliphatic carbocycles. The number of fused-ring (bicyclic) bond motifs is 1. The van der Waals surface area contributed by atoms with E-state index in [1.54, 1.807) is 6.26 Å². The van der Waals surface area contributed by atoms with Gasteiger partial charge in [0.2, 0.25) is 5.91 Å². The summed E-state index contributed by atoms with van der Waals surface area (Å²) in [5.74, 6) is 2.85. The number of furan rings is 1. The van der Waals surface area contributed by atoms with Crippen LogP contribution in [0.15, 0.2) is 47.1 Å². The van der Waals surface area contributed by atoms with Crippen LogP contribution < -0.4 is 5.32 Å². The maximum Gasteiger partial charge on any atom is 0.223 e. The van der Waals surface area contributed by atoms with E-state index >= 15 is 0 Å². The van der Waals surface area contributed by atoms with Crippen molar-refractivity contribution in [2.75, 3.05) is 26.3 Å². The molecule has 8 nitrogen and oxygen atoms in total. The van der Waals surface area contributed by atoms with Gasteiger partial charge in [-0.2, -0.15) is 0 Å². The zero-order valence-electron chi connectivity index (χ0n) is 19.1. The molecule has 1 fully saturated rings. The van der Waals surface area contributed by atoms with Gasteiger partial charge in [-0.05, 0) is 37.5 Å². The molecule has 1 unspecified atom stereocenters. The molecule has 0 saturated carbocycles. The molecule has 1 amide bonds. The van der Waals surface area contributed by atoms with Gasteiger partial charge in [-0.25, -0.2) is 0 Å². The number of benzene rings is 1. The zero-order valence-corrected chi connectivity index (χ0v) is 19.1. The van der Waals surface area contributed by atoms with Crippen LogP contribution in [-0.2, 0) is 29.0 Å². The van der Waals surface area contributed by atoms with Gasteiger partial charge in [-0.15, -0.1) is 10.2 Å². The second-order valence-electron chi connectivity index (χ2n) is 8.94. The first-order valence-corrected chi connectivity index (χ1v) is 11.8. The van der Waals surface area contributed by atoms with Gasteiger partial charge in [0.1, 0.15) is 11.6 Å². The number of ether oxygens (including phenoxy) is 1. The minimum absolute atomic E-state index is 0.0300. The second-order valence-corrected chi connectivity index (χ2v) is 8.94. The fourth-order valence-electron chi connectivity index (χ4n) is 4.70. The fourth-order valence-corrected chi connectivity index (χ4v) is 4.70. The first-order valence-electron chi connectivity index (χ1n) is 11.8. The Bertz CT molecular complexity index is 1050. The number of carbonyl (C=O) groups excluding carboxylic acids is 1. The van der Waals surface area contributed by atoms with Crippen LogP contribution in [0.1, 0.15) is 43.0 Å². The van der Waals surface area contributed by atoms with E-state index in [0.717, 1.165) is 68.4 Å².